The number of nitrogens with one attached hydrogen (secondary N) is 1. The summed E-state index contributed by atoms with van der Waals surface area (Å²) in [5, 5.41) is 59.7. The van der Waals surface area contributed by atoms with E-state index >= 15 is 0 Å². The minimum absolute atomic E-state index is 0.0161. The van der Waals surface area contributed by atoms with Gasteiger partial charge in [-0.2, -0.15) is 0 Å². The van der Waals surface area contributed by atoms with Crippen LogP contribution in [0.25, 0.3) is 11.0 Å². The second-order valence-electron chi connectivity index (χ2n) is 5.25. The fourth-order valence-corrected chi connectivity index (χ4v) is 2.55. The van der Waals surface area contributed by atoms with Crippen LogP contribution >= 0.6 is 0 Å². The average Bonchev–Trinajstić information content (AvgIpc) is 3.04. The Morgan fingerprint density at radius 3 is 2.58 bits per heavy atom. The first-order chi connectivity index (χ1) is 11.4. The van der Waals surface area contributed by atoms with Crippen molar-refractivity contribution in [2.24, 2.45) is 0 Å². The Hall–Kier alpha value is -2.38. The lowest BCUT2D eigenvalue weighted by Crippen LogP contribution is -2.61. The Kier molecular flexibility index (Phi) is 4.29. The fraction of sp³-hybridized carbons (Fsp3) is 0.500. The van der Waals surface area contributed by atoms with Crippen molar-refractivity contribution >= 4 is 22.4 Å². The number of benzene rings is 1. The van der Waals surface area contributed by atoms with Gasteiger partial charge in [0.2, 0.25) is 5.52 Å². The third-order valence-corrected chi connectivity index (χ3v) is 3.81. The molecule has 24 heavy (non-hydrogen) atoms. The summed E-state index contributed by atoms with van der Waals surface area (Å²) in [4.78, 5) is 10.3. The molecule has 1 aromatic carbocycles. The van der Waals surface area contributed by atoms with E-state index in [4.69, 9.17) is 9.84 Å². The van der Waals surface area contributed by atoms with Gasteiger partial charge in [-0.1, -0.05) is 0 Å². The molecule has 3 unspecified atom stereocenters. The van der Waals surface area contributed by atoms with Gasteiger partial charge in [-0.05, 0) is 16.4 Å². The van der Waals surface area contributed by atoms with Crippen LogP contribution < -0.4 is 5.32 Å². The molecule has 1 aliphatic heterocycles. The molecule has 0 spiro atoms. The molecule has 12 nitrogen and oxygen atoms in total. The van der Waals surface area contributed by atoms with Crippen LogP contribution in [0.2, 0.25) is 0 Å². The molecular weight excluding hydrogens is 328 g/mol. The van der Waals surface area contributed by atoms with Crippen molar-refractivity contribution in [1.29, 1.82) is 0 Å². The van der Waals surface area contributed by atoms with Crippen LogP contribution in [0.5, 0.6) is 0 Å². The van der Waals surface area contributed by atoms with Crippen LogP contribution in [0.1, 0.15) is 0 Å². The third kappa shape index (κ3) is 2.65. The lowest BCUT2D eigenvalue weighted by molar-refractivity contribution is -0.383. The Bertz CT molecular complexity index is 752. The van der Waals surface area contributed by atoms with E-state index in [2.05, 4.69) is 20.3 Å². The molecule has 2 heterocycles. The second kappa shape index (κ2) is 6.26. The van der Waals surface area contributed by atoms with Crippen LogP contribution in [0.15, 0.2) is 16.8 Å². The lowest BCUT2D eigenvalue weighted by Gasteiger charge is -2.40. The van der Waals surface area contributed by atoms with E-state index in [1.807, 2.05) is 0 Å². The summed E-state index contributed by atoms with van der Waals surface area (Å²) >= 11 is 0. The highest BCUT2D eigenvalue weighted by Crippen LogP contribution is 2.31. The maximum atomic E-state index is 10.9. The molecule has 0 saturated carbocycles. The number of nitrogens with zero attached hydrogens (tertiary/aromatic N) is 3. The Labute approximate surface area is 133 Å². The number of aliphatic hydroxyl groups excluding tert-OH is 4. The van der Waals surface area contributed by atoms with Crippen molar-refractivity contribution in [2.75, 3.05) is 11.9 Å². The summed E-state index contributed by atoms with van der Waals surface area (Å²) < 4.78 is 9.54. The molecule has 1 fully saturated rings. The summed E-state index contributed by atoms with van der Waals surface area (Å²) in [6.07, 6.45) is -5.61. The van der Waals surface area contributed by atoms with Gasteiger partial charge in [0.1, 0.15) is 24.4 Å². The quantitative estimate of drug-likeness (QED) is 0.316. The number of ether oxygens (including phenoxy) is 1. The summed E-state index contributed by atoms with van der Waals surface area (Å²) in [7, 11) is 0. The fourth-order valence-electron chi connectivity index (χ4n) is 2.55. The zero-order valence-corrected chi connectivity index (χ0v) is 12.0. The first-order valence-electron chi connectivity index (χ1n) is 6.90. The smallest absolute Gasteiger partial charge is 0.300 e. The van der Waals surface area contributed by atoms with E-state index in [1.165, 1.54) is 6.07 Å². The zero-order chi connectivity index (χ0) is 17.4. The van der Waals surface area contributed by atoms with E-state index in [0.717, 1.165) is 6.07 Å². The van der Waals surface area contributed by atoms with Gasteiger partial charge in [-0.25, -0.2) is 4.63 Å². The molecule has 0 radical (unpaired) electrons. The minimum Gasteiger partial charge on any atom is -0.394 e. The highest BCUT2D eigenvalue weighted by molar-refractivity contribution is 5.93. The molecule has 5 atom stereocenters. The zero-order valence-electron chi connectivity index (χ0n) is 12.0. The average molecular weight is 342 g/mol. The number of hydrogen-bond acceptors (Lipinski definition) is 11. The number of nitro benzene ring substituents is 1. The van der Waals surface area contributed by atoms with Crippen LogP contribution in [-0.4, -0.2) is 72.9 Å². The molecule has 130 valence electrons. The van der Waals surface area contributed by atoms with E-state index in [9.17, 15) is 25.4 Å². The Balaban J connectivity index is 1.91. The number of non-ortho nitro benzene ring substituents is 1. The first-order valence-corrected chi connectivity index (χ1v) is 6.90. The van der Waals surface area contributed by atoms with Gasteiger partial charge in [0.15, 0.2) is 11.8 Å². The van der Waals surface area contributed by atoms with Gasteiger partial charge in [0.05, 0.1) is 17.2 Å². The Morgan fingerprint density at radius 2 is 1.92 bits per heavy atom. The number of fused-ring (bicyclic) bond motifs is 1. The lowest BCUT2D eigenvalue weighted by atomic mass is 9.96. The molecule has 1 aromatic heterocycles. The molecule has 5 N–H and O–H groups in total. The first kappa shape index (κ1) is 16.5. The number of rotatable bonds is 4. The van der Waals surface area contributed by atoms with Crippen molar-refractivity contribution in [1.82, 2.24) is 10.3 Å². The highest BCUT2D eigenvalue weighted by Gasteiger charge is 2.44. The molecule has 3 rings (SSSR count). The van der Waals surface area contributed by atoms with Crippen molar-refractivity contribution in [3.05, 3.63) is 22.2 Å². The number of anilines is 1. The molecule has 2 aromatic rings. The number of aromatic nitrogens is 2. The van der Waals surface area contributed by atoms with Gasteiger partial charge in [-0.3, -0.25) is 10.1 Å². The van der Waals surface area contributed by atoms with Crippen LogP contribution in [0.4, 0.5) is 11.4 Å². The maximum Gasteiger partial charge on any atom is 0.300 e. The molecular formula is C12H14N4O8. The van der Waals surface area contributed by atoms with Crippen molar-refractivity contribution < 1.29 is 34.7 Å². The Morgan fingerprint density at radius 1 is 1.21 bits per heavy atom. The van der Waals surface area contributed by atoms with Gasteiger partial charge >= 0.3 is 5.69 Å². The van der Waals surface area contributed by atoms with Crippen LogP contribution in [0.3, 0.4) is 0 Å². The van der Waals surface area contributed by atoms with Gasteiger partial charge < -0.3 is 30.5 Å². The highest BCUT2D eigenvalue weighted by atomic mass is 16.6. The molecule has 12 heteroatoms. The van der Waals surface area contributed by atoms with E-state index in [-0.39, 0.29) is 22.4 Å². The predicted octanol–water partition coefficient (Wildman–Crippen LogP) is -1.66. The van der Waals surface area contributed by atoms with Gasteiger partial charge in [-0.15, -0.1) is 0 Å². The molecule has 0 bridgehead atoms. The normalized spacial score (nSPS) is 30.4. The molecule has 1 saturated heterocycles. The van der Waals surface area contributed by atoms with E-state index in [0.29, 0.717) is 0 Å². The monoisotopic (exact) mass is 342 g/mol. The standard InChI is InChI=1S/C12H14N4O8/c17-3-6-10(18)11(19)9(12(20)23-6)13-4-1-2-5(16(21)22)8-7(4)14-24-15-8/h1-2,6,9-13,17-20H,3H2/t6?,9?,10-,11?,12+/m0/s1. The number of aliphatic hydroxyl groups is 4. The summed E-state index contributed by atoms with van der Waals surface area (Å²) in [6, 6.07) is 1.28. The van der Waals surface area contributed by atoms with Gasteiger partial charge in [0.25, 0.3) is 0 Å². The predicted molar refractivity (Wildman–Crippen MR) is 75.8 cm³/mol. The maximum absolute atomic E-state index is 10.9. The third-order valence-electron chi connectivity index (χ3n) is 3.81. The summed E-state index contributed by atoms with van der Waals surface area (Å²) in [5.74, 6) is 0. The molecule has 0 aliphatic carbocycles. The van der Waals surface area contributed by atoms with E-state index < -0.39 is 42.2 Å². The van der Waals surface area contributed by atoms with Gasteiger partial charge in [0, 0.05) is 6.07 Å². The topological polar surface area (TPSA) is 184 Å². The summed E-state index contributed by atoms with van der Waals surface area (Å²) in [5.41, 5.74) is -0.238. The van der Waals surface area contributed by atoms with Crippen molar-refractivity contribution in [3.63, 3.8) is 0 Å². The summed E-state index contributed by atoms with van der Waals surface area (Å²) in [6.45, 7) is -0.586. The molecule has 1 aliphatic rings. The number of hydrogen-bond donors (Lipinski definition) is 5. The van der Waals surface area contributed by atoms with Crippen molar-refractivity contribution in [2.45, 2.75) is 30.6 Å². The van der Waals surface area contributed by atoms with Crippen molar-refractivity contribution in [3.8, 4) is 0 Å². The minimum atomic E-state index is -1.55. The van der Waals surface area contributed by atoms with Crippen LogP contribution in [-0.2, 0) is 4.74 Å². The van der Waals surface area contributed by atoms with E-state index in [1.54, 1.807) is 0 Å². The van der Waals surface area contributed by atoms with Crippen LogP contribution in [0, 0.1) is 10.1 Å². The SMILES string of the molecule is O=[N+]([O-])c1ccc(NC2C(O)[C@@H](O)C(CO)O[C@H]2O)c2nonc12. The molecule has 0 amide bonds. The largest absolute Gasteiger partial charge is 0.394 e. The number of nitro groups is 1. The second-order valence-corrected chi connectivity index (χ2v) is 5.25.